The molecule has 1 aliphatic heterocycles. The quantitative estimate of drug-likeness (QED) is 0.189. The Kier molecular flexibility index (Phi) is 9.83. The number of nitrogens with two attached hydrogens (primary N) is 1. The van der Waals surface area contributed by atoms with Crippen LogP contribution in [0.5, 0.6) is 0 Å². The maximum atomic E-state index is 13.2. The van der Waals surface area contributed by atoms with E-state index in [1.165, 1.54) is 0 Å². The van der Waals surface area contributed by atoms with Crippen LogP contribution in [0.1, 0.15) is 45.1 Å². The summed E-state index contributed by atoms with van der Waals surface area (Å²) in [5.74, 6) is -3.94. The first kappa shape index (κ1) is 28.6. The molecule has 0 aliphatic carbocycles. The van der Waals surface area contributed by atoms with E-state index in [-0.39, 0.29) is 25.2 Å². The topological polar surface area (TPSA) is 196 Å². The highest BCUT2D eigenvalue weighted by Gasteiger charge is 2.33. The number of hydrogen-bond acceptors (Lipinski definition) is 6. The molecular weight excluding hydrogens is 492 g/mol. The number of hydrogen-bond donors (Lipinski definition) is 7. The van der Waals surface area contributed by atoms with Gasteiger partial charge in [-0.05, 0) is 43.4 Å². The van der Waals surface area contributed by atoms with Crippen molar-refractivity contribution in [3.05, 3.63) is 36.0 Å². The van der Waals surface area contributed by atoms with Gasteiger partial charge in [0.1, 0.15) is 18.1 Å². The molecule has 0 bridgehead atoms. The van der Waals surface area contributed by atoms with Gasteiger partial charge in [-0.2, -0.15) is 0 Å². The number of amides is 4. The minimum absolute atomic E-state index is 0.0372. The number of para-hydroxylation sites is 1. The van der Waals surface area contributed by atoms with Gasteiger partial charge in [0.2, 0.25) is 23.6 Å². The van der Waals surface area contributed by atoms with E-state index < -0.39 is 53.8 Å². The first-order valence-corrected chi connectivity index (χ1v) is 12.8. The smallest absolute Gasteiger partial charge is 0.326 e. The predicted octanol–water partition coefficient (Wildman–Crippen LogP) is -0.0771. The van der Waals surface area contributed by atoms with Crippen LogP contribution in [0.3, 0.4) is 0 Å². The van der Waals surface area contributed by atoms with Crippen LogP contribution in [0.15, 0.2) is 30.5 Å². The van der Waals surface area contributed by atoms with Crippen molar-refractivity contribution in [2.24, 2.45) is 11.7 Å². The summed E-state index contributed by atoms with van der Waals surface area (Å²) in [5, 5.41) is 21.5. The van der Waals surface area contributed by atoms with Gasteiger partial charge in [-0.1, -0.05) is 32.0 Å². The van der Waals surface area contributed by atoms with Crippen molar-refractivity contribution in [1.29, 1.82) is 0 Å². The average Bonchev–Trinajstić information content (AvgIpc) is 3.54. The summed E-state index contributed by atoms with van der Waals surface area (Å²) in [6.45, 7) is 4.11. The van der Waals surface area contributed by atoms with Gasteiger partial charge in [0.25, 0.3) is 0 Å². The largest absolute Gasteiger partial charge is 0.480 e. The van der Waals surface area contributed by atoms with E-state index >= 15 is 0 Å². The minimum atomic E-state index is -1.24. The highest BCUT2D eigenvalue weighted by atomic mass is 16.4. The molecule has 4 amide bonds. The lowest BCUT2D eigenvalue weighted by atomic mass is 10.00. The summed E-state index contributed by atoms with van der Waals surface area (Å²) in [7, 11) is 0. The highest BCUT2D eigenvalue weighted by Crippen LogP contribution is 2.19. The van der Waals surface area contributed by atoms with Gasteiger partial charge < -0.3 is 37.1 Å². The number of H-pyrrole nitrogens is 1. The molecule has 1 saturated heterocycles. The number of aliphatic carboxylic acids is 1. The molecule has 1 aromatic carbocycles. The van der Waals surface area contributed by atoms with E-state index in [0.29, 0.717) is 13.0 Å². The number of carboxylic acid groups (broad SMARTS) is 1. The van der Waals surface area contributed by atoms with E-state index in [1.807, 2.05) is 24.3 Å². The van der Waals surface area contributed by atoms with Gasteiger partial charge in [-0.15, -0.1) is 0 Å². The first-order chi connectivity index (χ1) is 18.1. The predicted molar refractivity (Wildman–Crippen MR) is 140 cm³/mol. The number of nitrogens with one attached hydrogen (secondary N) is 5. The molecule has 2 heterocycles. The van der Waals surface area contributed by atoms with Crippen LogP contribution < -0.4 is 27.0 Å². The minimum Gasteiger partial charge on any atom is -0.480 e. The Morgan fingerprint density at radius 2 is 1.79 bits per heavy atom. The molecule has 12 heteroatoms. The molecular formula is C26H36N6O6. The number of primary amides is 1. The third-order valence-electron chi connectivity index (χ3n) is 6.65. The number of fused-ring (bicyclic) bond motifs is 1. The summed E-state index contributed by atoms with van der Waals surface area (Å²) in [6.07, 6.45) is 3.02. The molecule has 4 atom stereocenters. The SMILES string of the molecule is CC(C)C(NC(=O)C(CCC(N)=O)NC(=O)C1CCCN1)C(=O)NC(Cc1c[nH]c2ccccc12)C(=O)O. The van der Waals surface area contributed by atoms with Gasteiger partial charge >= 0.3 is 5.97 Å². The zero-order valence-electron chi connectivity index (χ0n) is 21.6. The number of rotatable bonds is 13. The summed E-state index contributed by atoms with van der Waals surface area (Å²) in [4.78, 5) is 65.4. The lowest BCUT2D eigenvalue weighted by molar-refractivity contribution is -0.142. The van der Waals surface area contributed by atoms with Crippen LogP contribution in [0, 0.1) is 5.92 Å². The molecule has 12 nitrogen and oxygen atoms in total. The lowest BCUT2D eigenvalue weighted by Crippen LogP contribution is -2.58. The van der Waals surface area contributed by atoms with Crippen molar-refractivity contribution < 1.29 is 29.1 Å². The summed E-state index contributed by atoms with van der Waals surface area (Å²) in [5.41, 5.74) is 6.83. The van der Waals surface area contributed by atoms with Gasteiger partial charge in [0.15, 0.2) is 0 Å². The zero-order valence-corrected chi connectivity index (χ0v) is 21.6. The number of aromatic nitrogens is 1. The van der Waals surface area contributed by atoms with Gasteiger partial charge in [0.05, 0.1) is 6.04 Å². The molecule has 38 heavy (non-hydrogen) atoms. The molecule has 1 aromatic heterocycles. The first-order valence-electron chi connectivity index (χ1n) is 12.8. The van der Waals surface area contributed by atoms with Crippen molar-refractivity contribution in [2.75, 3.05) is 6.54 Å². The third-order valence-corrected chi connectivity index (χ3v) is 6.65. The van der Waals surface area contributed by atoms with E-state index in [1.54, 1.807) is 20.0 Å². The fourth-order valence-corrected chi connectivity index (χ4v) is 4.51. The van der Waals surface area contributed by atoms with Gasteiger partial charge in [-0.25, -0.2) is 4.79 Å². The highest BCUT2D eigenvalue weighted by molar-refractivity contribution is 5.95. The number of carboxylic acids is 1. The molecule has 4 unspecified atom stereocenters. The molecule has 8 N–H and O–H groups in total. The fraction of sp³-hybridized carbons (Fsp3) is 0.500. The molecule has 1 fully saturated rings. The van der Waals surface area contributed by atoms with Crippen LogP contribution in [0.2, 0.25) is 0 Å². The Morgan fingerprint density at radius 1 is 1.05 bits per heavy atom. The second-order valence-electron chi connectivity index (χ2n) is 9.91. The van der Waals surface area contributed by atoms with Crippen molar-refractivity contribution in [3.63, 3.8) is 0 Å². The third kappa shape index (κ3) is 7.54. The second-order valence-corrected chi connectivity index (χ2v) is 9.91. The molecule has 0 radical (unpaired) electrons. The maximum Gasteiger partial charge on any atom is 0.326 e. The average molecular weight is 529 g/mol. The summed E-state index contributed by atoms with van der Waals surface area (Å²) < 4.78 is 0. The molecule has 0 spiro atoms. The number of carbonyl (C=O) groups is 5. The van der Waals surface area contributed by atoms with Crippen LogP contribution in [0.4, 0.5) is 0 Å². The van der Waals surface area contributed by atoms with E-state index in [2.05, 4.69) is 26.3 Å². The Hall–Kier alpha value is -3.93. The lowest BCUT2D eigenvalue weighted by Gasteiger charge is -2.27. The van der Waals surface area contributed by atoms with E-state index in [0.717, 1.165) is 22.9 Å². The number of aromatic amines is 1. The van der Waals surface area contributed by atoms with Crippen LogP contribution >= 0.6 is 0 Å². The summed E-state index contributed by atoms with van der Waals surface area (Å²) in [6, 6.07) is 3.59. The van der Waals surface area contributed by atoms with Gasteiger partial charge in [0, 0.05) is 29.9 Å². The molecule has 0 saturated carbocycles. The zero-order chi connectivity index (χ0) is 27.8. The Balaban J connectivity index is 1.70. The Morgan fingerprint density at radius 3 is 2.42 bits per heavy atom. The fourth-order valence-electron chi connectivity index (χ4n) is 4.51. The second kappa shape index (κ2) is 13.0. The Labute approximate surface area is 220 Å². The molecule has 1 aliphatic rings. The standard InChI is InChI=1S/C26H36N6O6/c1-14(2)22(32-24(35)19(9-10-21(27)33)30-23(34)18-8-5-11-28-18)25(36)31-20(26(37)38)12-15-13-29-17-7-4-3-6-16(15)17/h3-4,6-7,13-14,18-20,22,28-29H,5,8-12H2,1-2H3,(H2,27,33)(H,30,34)(H,31,36)(H,32,35)(H,37,38). The van der Waals surface area contributed by atoms with Crippen LogP contribution in [-0.4, -0.2) is 70.4 Å². The van der Waals surface area contributed by atoms with Crippen LogP contribution in [-0.2, 0) is 30.4 Å². The number of carbonyl (C=O) groups excluding carboxylic acids is 4. The summed E-state index contributed by atoms with van der Waals surface area (Å²) >= 11 is 0. The molecule has 3 rings (SSSR count). The maximum absolute atomic E-state index is 13.2. The monoisotopic (exact) mass is 528 g/mol. The molecule has 2 aromatic rings. The van der Waals surface area contributed by atoms with Crippen molar-refractivity contribution in [3.8, 4) is 0 Å². The Bertz CT molecular complexity index is 1170. The molecule has 206 valence electrons. The van der Waals surface area contributed by atoms with Crippen molar-refractivity contribution in [1.82, 2.24) is 26.3 Å². The number of benzene rings is 1. The van der Waals surface area contributed by atoms with E-state index in [4.69, 9.17) is 5.73 Å². The normalized spacial score (nSPS) is 17.5. The van der Waals surface area contributed by atoms with Crippen molar-refractivity contribution in [2.45, 2.75) is 70.1 Å². The van der Waals surface area contributed by atoms with E-state index in [9.17, 15) is 29.1 Å². The van der Waals surface area contributed by atoms with Crippen LogP contribution in [0.25, 0.3) is 10.9 Å². The van der Waals surface area contributed by atoms with Crippen molar-refractivity contribution >= 4 is 40.5 Å². The van der Waals surface area contributed by atoms with Gasteiger partial charge in [-0.3, -0.25) is 19.2 Å².